The largest absolute Gasteiger partial charge is 0.497 e. The molecule has 0 unspecified atom stereocenters. The zero-order valence-corrected chi connectivity index (χ0v) is 15.6. The molecule has 0 radical (unpaired) electrons. The Balaban J connectivity index is 1.94. The third-order valence-corrected chi connectivity index (χ3v) is 5.81. The zero-order chi connectivity index (χ0) is 19.2. The lowest BCUT2D eigenvalue weighted by Gasteiger charge is -2.35. The number of esters is 1. The van der Waals surface area contributed by atoms with Gasteiger partial charge in [0.2, 0.25) is 5.91 Å². The van der Waals surface area contributed by atoms with E-state index in [0.29, 0.717) is 6.54 Å². The summed E-state index contributed by atoms with van der Waals surface area (Å²) in [6.07, 6.45) is 0. The number of rotatable bonds is 3. The van der Waals surface area contributed by atoms with Gasteiger partial charge in [-0.15, -0.1) is 0 Å². The van der Waals surface area contributed by atoms with Gasteiger partial charge in [0.25, 0.3) is 0 Å². The van der Waals surface area contributed by atoms with E-state index < -0.39 is 11.3 Å². The smallest absolute Gasteiger partial charge is 0.311 e. The van der Waals surface area contributed by atoms with Crippen LogP contribution in [0.3, 0.4) is 0 Å². The summed E-state index contributed by atoms with van der Waals surface area (Å²) in [6.45, 7) is 0.436. The number of carbonyl (C=O) groups excluding carboxylic acids is 2. The quantitative estimate of drug-likeness (QED) is 0.845. The predicted molar refractivity (Wildman–Crippen MR) is 101 cm³/mol. The maximum atomic E-state index is 13.4. The van der Waals surface area contributed by atoms with Crippen molar-refractivity contribution >= 4 is 17.6 Å². The topological polar surface area (TPSA) is 67.9 Å². The van der Waals surface area contributed by atoms with E-state index in [1.54, 1.807) is 7.11 Å². The highest BCUT2D eigenvalue weighted by molar-refractivity contribution is 6.10. The summed E-state index contributed by atoms with van der Waals surface area (Å²) in [5, 5.41) is 2.98. The van der Waals surface area contributed by atoms with E-state index in [1.807, 2.05) is 55.6 Å². The molecule has 6 heteroatoms. The van der Waals surface area contributed by atoms with Gasteiger partial charge in [-0.25, -0.2) is 0 Å². The number of fused-ring (bicyclic) bond motifs is 2. The maximum Gasteiger partial charge on any atom is 0.311 e. The summed E-state index contributed by atoms with van der Waals surface area (Å²) in [5.74, 6) is -0.383. The van der Waals surface area contributed by atoms with Crippen LogP contribution < -0.4 is 10.1 Å². The second-order valence-electron chi connectivity index (χ2n) is 7.06. The maximum absolute atomic E-state index is 13.4. The Bertz CT molecular complexity index is 895. The van der Waals surface area contributed by atoms with Crippen molar-refractivity contribution in [2.24, 2.45) is 5.92 Å². The number of carbonyl (C=O) groups is 2. The lowest BCUT2D eigenvalue weighted by molar-refractivity contribution is -0.149. The first-order chi connectivity index (χ1) is 13.0. The number of benzene rings is 2. The molecule has 1 N–H and O–H groups in total. The number of amides is 1. The monoisotopic (exact) mass is 366 g/mol. The van der Waals surface area contributed by atoms with Gasteiger partial charge in [0.05, 0.1) is 26.2 Å². The van der Waals surface area contributed by atoms with Gasteiger partial charge in [0, 0.05) is 12.2 Å². The fraction of sp³-hybridized carbons (Fsp3) is 0.333. The SMILES string of the molecule is COC(=O)[C@@H]1CN(C)[C@H](c2ccc(OC)cc2)[C@@]12C(=O)Nc1ccccc12. The van der Waals surface area contributed by atoms with Crippen LogP contribution in [-0.4, -0.2) is 44.6 Å². The molecular weight excluding hydrogens is 344 g/mol. The Morgan fingerprint density at radius 2 is 1.85 bits per heavy atom. The molecule has 2 heterocycles. The number of methoxy groups -OCH3 is 2. The molecule has 1 saturated heterocycles. The average molecular weight is 366 g/mol. The molecule has 140 valence electrons. The summed E-state index contributed by atoms with van der Waals surface area (Å²) in [7, 11) is 4.93. The van der Waals surface area contributed by atoms with Crippen LogP contribution in [0.4, 0.5) is 5.69 Å². The number of likely N-dealkylation sites (N-methyl/N-ethyl adjacent to an activating group) is 1. The van der Waals surface area contributed by atoms with E-state index in [2.05, 4.69) is 10.2 Å². The number of nitrogens with zero attached hydrogens (tertiary/aromatic N) is 1. The van der Waals surface area contributed by atoms with Gasteiger partial charge >= 0.3 is 5.97 Å². The normalized spacial score (nSPS) is 26.7. The minimum Gasteiger partial charge on any atom is -0.497 e. The lowest BCUT2D eigenvalue weighted by atomic mass is 9.67. The first-order valence-corrected chi connectivity index (χ1v) is 8.87. The molecule has 0 aliphatic carbocycles. The molecule has 2 aromatic carbocycles. The molecule has 0 saturated carbocycles. The Hall–Kier alpha value is -2.86. The molecule has 2 aliphatic rings. The minimum absolute atomic E-state index is 0.163. The van der Waals surface area contributed by atoms with Crippen LogP contribution in [0.5, 0.6) is 5.75 Å². The summed E-state index contributed by atoms with van der Waals surface area (Å²) in [4.78, 5) is 28.1. The second kappa shape index (κ2) is 6.39. The van der Waals surface area contributed by atoms with E-state index in [9.17, 15) is 9.59 Å². The summed E-state index contributed by atoms with van der Waals surface area (Å²) < 4.78 is 10.4. The van der Waals surface area contributed by atoms with E-state index in [-0.39, 0.29) is 17.9 Å². The highest BCUT2D eigenvalue weighted by Crippen LogP contribution is 2.57. The molecule has 1 amide bonds. The van der Waals surface area contributed by atoms with Crippen molar-refractivity contribution in [3.8, 4) is 5.75 Å². The Kier molecular flexibility index (Phi) is 4.15. The van der Waals surface area contributed by atoms with Gasteiger partial charge < -0.3 is 14.8 Å². The first kappa shape index (κ1) is 17.5. The van der Waals surface area contributed by atoms with Gasteiger partial charge in [-0.3, -0.25) is 14.5 Å². The average Bonchev–Trinajstić information content (AvgIpc) is 3.16. The molecule has 3 atom stereocenters. The molecule has 0 aromatic heterocycles. The number of hydrogen-bond acceptors (Lipinski definition) is 5. The van der Waals surface area contributed by atoms with Crippen LogP contribution in [0.1, 0.15) is 17.2 Å². The third kappa shape index (κ3) is 2.36. The standard InChI is InChI=1S/C21H22N2O4/c1-23-12-16(19(24)27-3)21(15-6-4-5-7-17(15)22-20(21)25)18(23)13-8-10-14(26-2)11-9-13/h4-11,16,18H,12H2,1-3H3,(H,22,25)/t16-,18+,21-/m0/s1. The number of anilines is 1. The van der Waals surface area contributed by atoms with Gasteiger partial charge in [0.15, 0.2) is 0 Å². The summed E-state index contributed by atoms with van der Waals surface area (Å²) >= 11 is 0. The van der Waals surface area contributed by atoms with Gasteiger partial charge in [-0.2, -0.15) is 0 Å². The number of ether oxygens (including phenoxy) is 2. The second-order valence-corrected chi connectivity index (χ2v) is 7.06. The summed E-state index contributed by atoms with van der Waals surface area (Å²) in [5.41, 5.74) is 1.52. The highest BCUT2D eigenvalue weighted by Gasteiger charge is 2.65. The highest BCUT2D eigenvalue weighted by atomic mass is 16.5. The van der Waals surface area contributed by atoms with Crippen LogP contribution >= 0.6 is 0 Å². The van der Waals surface area contributed by atoms with E-state index in [0.717, 1.165) is 22.6 Å². The minimum atomic E-state index is -1.03. The summed E-state index contributed by atoms with van der Waals surface area (Å²) in [6, 6.07) is 15.0. The van der Waals surface area contributed by atoms with Crippen molar-refractivity contribution in [3.05, 3.63) is 59.7 Å². The van der Waals surface area contributed by atoms with Crippen molar-refractivity contribution in [1.29, 1.82) is 0 Å². The molecule has 1 spiro atoms. The molecular formula is C21H22N2O4. The van der Waals surface area contributed by atoms with Crippen molar-refractivity contribution < 1.29 is 19.1 Å². The van der Waals surface area contributed by atoms with Gasteiger partial charge in [0.1, 0.15) is 11.2 Å². The lowest BCUT2D eigenvalue weighted by Crippen LogP contribution is -2.47. The predicted octanol–water partition coefficient (Wildman–Crippen LogP) is 2.36. The third-order valence-electron chi connectivity index (χ3n) is 5.81. The zero-order valence-electron chi connectivity index (χ0n) is 15.6. The number of nitrogens with one attached hydrogen (secondary N) is 1. The number of likely N-dealkylation sites (tertiary alicyclic amines) is 1. The Morgan fingerprint density at radius 1 is 1.15 bits per heavy atom. The van der Waals surface area contributed by atoms with Crippen molar-refractivity contribution in [1.82, 2.24) is 4.90 Å². The van der Waals surface area contributed by atoms with Crippen molar-refractivity contribution in [2.75, 3.05) is 33.1 Å². The fourth-order valence-electron chi connectivity index (χ4n) is 4.70. The van der Waals surface area contributed by atoms with Crippen molar-refractivity contribution in [2.45, 2.75) is 11.5 Å². The van der Waals surface area contributed by atoms with Crippen LogP contribution in [0.25, 0.3) is 0 Å². The molecule has 1 fully saturated rings. The van der Waals surface area contributed by atoms with Crippen LogP contribution in [0.15, 0.2) is 48.5 Å². The first-order valence-electron chi connectivity index (χ1n) is 8.87. The molecule has 27 heavy (non-hydrogen) atoms. The van der Waals surface area contributed by atoms with Crippen LogP contribution in [0.2, 0.25) is 0 Å². The Labute approximate surface area is 158 Å². The van der Waals surface area contributed by atoms with Crippen LogP contribution in [-0.2, 0) is 19.7 Å². The van der Waals surface area contributed by atoms with E-state index in [4.69, 9.17) is 9.47 Å². The molecule has 0 bridgehead atoms. The number of hydrogen-bond donors (Lipinski definition) is 1. The van der Waals surface area contributed by atoms with Crippen molar-refractivity contribution in [3.63, 3.8) is 0 Å². The van der Waals surface area contributed by atoms with E-state index >= 15 is 0 Å². The fourth-order valence-corrected chi connectivity index (χ4v) is 4.70. The van der Waals surface area contributed by atoms with E-state index in [1.165, 1.54) is 7.11 Å². The molecule has 6 nitrogen and oxygen atoms in total. The number of para-hydroxylation sites is 1. The molecule has 2 aliphatic heterocycles. The van der Waals surface area contributed by atoms with Gasteiger partial charge in [-0.1, -0.05) is 30.3 Å². The molecule has 4 rings (SSSR count). The van der Waals surface area contributed by atoms with Crippen LogP contribution in [0, 0.1) is 5.92 Å². The Morgan fingerprint density at radius 3 is 2.52 bits per heavy atom. The van der Waals surface area contributed by atoms with Gasteiger partial charge in [-0.05, 0) is 36.4 Å². The molecule has 2 aromatic rings.